The van der Waals surface area contributed by atoms with Gasteiger partial charge >= 0.3 is 0 Å². The van der Waals surface area contributed by atoms with Gasteiger partial charge in [0.05, 0.1) is 37.7 Å². The van der Waals surface area contributed by atoms with Gasteiger partial charge in [-0.25, -0.2) is 27.8 Å². The van der Waals surface area contributed by atoms with Crippen LogP contribution in [-0.4, -0.2) is 39.6 Å². The van der Waals surface area contributed by atoms with Crippen LogP contribution < -0.4 is 10.0 Å². The first-order valence-corrected chi connectivity index (χ1v) is 15.8. The Morgan fingerprint density at radius 2 is 1.79 bits per heavy atom. The highest BCUT2D eigenvalue weighted by molar-refractivity contribution is 7.93. The molecule has 0 bridgehead atoms. The van der Waals surface area contributed by atoms with E-state index in [1.165, 1.54) is 35.6 Å². The molecule has 42 heavy (non-hydrogen) atoms. The molecular formula is C28H22Cl2FN7O2S2. The second-order valence-electron chi connectivity index (χ2n) is 9.72. The number of anilines is 2. The summed E-state index contributed by atoms with van der Waals surface area (Å²) in [5, 5.41) is 12.0. The number of aryl methyl sites for hydroxylation is 2. The molecule has 214 valence electrons. The summed E-state index contributed by atoms with van der Waals surface area (Å²) in [4.78, 5) is 13.9. The lowest BCUT2D eigenvalue weighted by molar-refractivity contribution is 0.599. The summed E-state index contributed by atoms with van der Waals surface area (Å²) in [6.45, 7) is 3.47. The minimum Gasteiger partial charge on any atom is -0.351 e. The summed E-state index contributed by atoms with van der Waals surface area (Å²) < 4.78 is 45.2. The van der Waals surface area contributed by atoms with Crippen LogP contribution in [0.3, 0.4) is 0 Å². The highest BCUT2D eigenvalue weighted by atomic mass is 35.5. The molecule has 2 aromatic carbocycles. The fourth-order valence-corrected chi connectivity index (χ4v) is 7.40. The fraction of sp³-hybridized carbons (Fsp3) is 0.179. The zero-order chi connectivity index (χ0) is 29.6. The minimum absolute atomic E-state index is 0.0448. The Morgan fingerprint density at radius 3 is 2.52 bits per heavy atom. The number of nitrogens with one attached hydrogen (secondary N) is 2. The first-order chi connectivity index (χ1) is 20.1. The van der Waals surface area contributed by atoms with Crippen molar-refractivity contribution in [2.24, 2.45) is 0 Å². The molecule has 1 saturated carbocycles. The van der Waals surface area contributed by atoms with Crippen molar-refractivity contribution in [3.05, 3.63) is 81.8 Å². The smallest absolute Gasteiger partial charge is 0.264 e. The zero-order valence-electron chi connectivity index (χ0n) is 22.2. The van der Waals surface area contributed by atoms with Crippen LogP contribution in [0.1, 0.15) is 24.1 Å². The minimum atomic E-state index is -4.35. The van der Waals surface area contributed by atoms with Crippen LogP contribution in [0.4, 0.5) is 16.0 Å². The summed E-state index contributed by atoms with van der Waals surface area (Å²) in [7, 11) is -4.35. The largest absolute Gasteiger partial charge is 0.351 e. The summed E-state index contributed by atoms with van der Waals surface area (Å²) in [5.41, 5.74) is 2.30. The van der Waals surface area contributed by atoms with E-state index < -0.39 is 15.8 Å². The predicted octanol–water partition coefficient (Wildman–Crippen LogP) is 7.16. The SMILES string of the molecule is Cc1ccc(-c2nc(-c3cccc(NS(=O)(=O)c4c(Cl)ccc(C)c4Cl)c3F)c(-c3ccnc(NC4CC4)n3)s2)nn1. The third kappa shape index (κ3) is 5.67. The van der Waals surface area contributed by atoms with Crippen molar-refractivity contribution in [1.82, 2.24) is 25.1 Å². The highest BCUT2D eigenvalue weighted by Gasteiger charge is 2.27. The summed E-state index contributed by atoms with van der Waals surface area (Å²) in [6, 6.07) is 13.0. The van der Waals surface area contributed by atoms with E-state index in [0.717, 1.165) is 18.5 Å². The van der Waals surface area contributed by atoms with Gasteiger partial charge in [-0.2, -0.15) is 5.10 Å². The van der Waals surface area contributed by atoms with Gasteiger partial charge in [-0.1, -0.05) is 35.3 Å². The summed E-state index contributed by atoms with van der Waals surface area (Å²) >= 11 is 13.7. The van der Waals surface area contributed by atoms with E-state index in [2.05, 4.69) is 30.2 Å². The molecule has 2 N–H and O–H groups in total. The van der Waals surface area contributed by atoms with Crippen LogP contribution in [0.15, 0.2) is 59.6 Å². The highest BCUT2D eigenvalue weighted by Crippen LogP contribution is 2.42. The van der Waals surface area contributed by atoms with Gasteiger partial charge in [0, 0.05) is 17.8 Å². The molecule has 0 radical (unpaired) electrons. The van der Waals surface area contributed by atoms with Crippen LogP contribution in [0.2, 0.25) is 10.0 Å². The van der Waals surface area contributed by atoms with Crippen molar-refractivity contribution in [2.75, 3.05) is 10.0 Å². The Labute approximate surface area is 255 Å². The van der Waals surface area contributed by atoms with E-state index in [9.17, 15) is 8.42 Å². The van der Waals surface area contributed by atoms with Gasteiger partial charge in [-0.15, -0.1) is 16.4 Å². The van der Waals surface area contributed by atoms with Crippen molar-refractivity contribution >= 4 is 56.2 Å². The quantitative estimate of drug-likeness (QED) is 0.183. The third-order valence-corrected chi connectivity index (χ3v) is 10.0. The van der Waals surface area contributed by atoms with Gasteiger partial charge in [0.2, 0.25) is 5.95 Å². The van der Waals surface area contributed by atoms with Crippen molar-refractivity contribution in [3.8, 4) is 32.5 Å². The Bertz CT molecular complexity index is 1930. The lowest BCUT2D eigenvalue weighted by Gasteiger charge is -2.14. The maximum Gasteiger partial charge on any atom is 0.264 e. The number of hydrogen-bond acceptors (Lipinski definition) is 9. The van der Waals surface area contributed by atoms with Crippen LogP contribution in [0.5, 0.6) is 0 Å². The molecule has 3 aromatic heterocycles. The van der Waals surface area contributed by atoms with E-state index in [1.807, 2.05) is 13.0 Å². The Morgan fingerprint density at radius 1 is 0.976 bits per heavy atom. The molecule has 5 aromatic rings. The van der Waals surface area contributed by atoms with Gasteiger partial charge in [0.1, 0.15) is 15.6 Å². The van der Waals surface area contributed by atoms with Crippen molar-refractivity contribution in [2.45, 2.75) is 37.6 Å². The Kier molecular flexibility index (Phi) is 7.56. The van der Waals surface area contributed by atoms with E-state index in [4.69, 9.17) is 28.2 Å². The first-order valence-electron chi connectivity index (χ1n) is 12.8. The van der Waals surface area contributed by atoms with Crippen LogP contribution in [0.25, 0.3) is 32.5 Å². The van der Waals surface area contributed by atoms with Crippen molar-refractivity contribution in [1.29, 1.82) is 0 Å². The number of rotatable bonds is 8. The molecule has 0 unspecified atom stereocenters. The van der Waals surface area contributed by atoms with E-state index in [-0.39, 0.29) is 31.9 Å². The second-order valence-corrected chi connectivity index (χ2v) is 13.1. The predicted molar refractivity (Wildman–Crippen MR) is 163 cm³/mol. The molecule has 0 amide bonds. The lowest BCUT2D eigenvalue weighted by atomic mass is 10.1. The average molecular weight is 643 g/mol. The van der Waals surface area contributed by atoms with Gasteiger partial charge in [-0.05, 0) is 68.7 Å². The Balaban J connectivity index is 1.46. The maximum absolute atomic E-state index is 16.2. The first kappa shape index (κ1) is 28.4. The maximum atomic E-state index is 16.2. The van der Waals surface area contributed by atoms with Crippen LogP contribution >= 0.6 is 34.5 Å². The van der Waals surface area contributed by atoms with Crippen LogP contribution in [-0.2, 0) is 10.0 Å². The number of thiazole rings is 1. The third-order valence-electron chi connectivity index (χ3n) is 6.45. The molecule has 6 rings (SSSR count). The van der Waals surface area contributed by atoms with Crippen LogP contribution in [0, 0.1) is 19.7 Å². The fourth-order valence-electron chi connectivity index (χ4n) is 4.13. The summed E-state index contributed by atoms with van der Waals surface area (Å²) in [5.74, 6) is -0.376. The van der Waals surface area contributed by atoms with E-state index in [1.54, 1.807) is 31.3 Å². The number of nitrogens with zero attached hydrogens (tertiary/aromatic N) is 5. The zero-order valence-corrected chi connectivity index (χ0v) is 25.3. The molecule has 0 saturated heterocycles. The number of sulfonamides is 1. The number of hydrogen-bond donors (Lipinski definition) is 2. The van der Waals surface area contributed by atoms with Gasteiger partial charge < -0.3 is 5.32 Å². The van der Waals surface area contributed by atoms with Crippen molar-refractivity contribution < 1.29 is 12.8 Å². The molecule has 1 aliphatic carbocycles. The van der Waals surface area contributed by atoms with Gasteiger partial charge in [0.15, 0.2) is 5.82 Å². The number of benzene rings is 2. The van der Waals surface area contributed by atoms with Gasteiger partial charge in [-0.3, -0.25) is 4.72 Å². The molecule has 1 aliphatic rings. The molecule has 0 spiro atoms. The van der Waals surface area contributed by atoms with Gasteiger partial charge in [0.25, 0.3) is 10.0 Å². The molecule has 14 heteroatoms. The number of aromatic nitrogens is 5. The molecule has 0 aliphatic heterocycles. The molecule has 1 fully saturated rings. The normalized spacial score (nSPS) is 13.3. The lowest BCUT2D eigenvalue weighted by Crippen LogP contribution is -2.15. The van der Waals surface area contributed by atoms with E-state index >= 15 is 4.39 Å². The van der Waals surface area contributed by atoms with E-state index in [0.29, 0.717) is 38.8 Å². The second kappa shape index (κ2) is 11.2. The molecule has 9 nitrogen and oxygen atoms in total. The Hall–Kier alpha value is -3.71. The molecule has 3 heterocycles. The molecular weight excluding hydrogens is 620 g/mol. The molecule has 0 atom stereocenters. The van der Waals surface area contributed by atoms with Crippen molar-refractivity contribution in [3.63, 3.8) is 0 Å². The number of halogens is 3. The summed E-state index contributed by atoms with van der Waals surface area (Å²) in [6.07, 6.45) is 3.71. The monoisotopic (exact) mass is 641 g/mol. The average Bonchev–Trinajstić information content (AvgIpc) is 3.66. The standard InChI is InChI=1S/C28H22Cl2FN7O2S2/c1-14-6-10-18(29)26(22(14)30)42(39,40)38-19-5-3-4-17(23(19)31)24-25(20-12-13-32-28(34-20)33-16-8-9-16)41-27(35-24)21-11-7-15(2)36-37-21/h3-7,10-13,16,38H,8-9H2,1-2H3,(H,32,33,34). The topological polar surface area (TPSA) is 123 Å².